The number of phenols is 2. The zero-order valence-electron chi connectivity index (χ0n) is 28.4. The number of nitrogens with zero attached hydrogens (tertiary/aromatic N) is 6. The summed E-state index contributed by atoms with van der Waals surface area (Å²) in [6, 6.07) is 37.9. The summed E-state index contributed by atoms with van der Waals surface area (Å²) in [6.45, 7) is 4.48. The second-order valence-electron chi connectivity index (χ2n) is 12.3. The maximum Gasteiger partial charge on any atom is 0.215 e. The average Bonchev–Trinajstić information content (AvgIpc) is 3.15. The van der Waals surface area contributed by atoms with Gasteiger partial charge in [0.1, 0.15) is 11.5 Å². The van der Waals surface area contributed by atoms with Crippen molar-refractivity contribution in [3.63, 3.8) is 0 Å². The number of hydrogen-bond acceptors (Lipinski definition) is 10. The van der Waals surface area contributed by atoms with Crippen LogP contribution in [0.1, 0.15) is 11.1 Å². The number of rotatable bonds is 7. The van der Waals surface area contributed by atoms with E-state index in [4.69, 9.17) is 8.83 Å². The molecule has 0 saturated carbocycles. The Morgan fingerprint density at radius 2 is 0.885 bits per heavy atom. The van der Waals surface area contributed by atoms with E-state index in [0.29, 0.717) is 46.7 Å². The maximum atomic E-state index is 10.8. The van der Waals surface area contributed by atoms with Gasteiger partial charge in [0.15, 0.2) is 22.5 Å². The number of aryl methyl sites for hydroxylation is 2. The fourth-order valence-corrected chi connectivity index (χ4v) is 6.21. The summed E-state index contributed by atoms with van der Waals surface area (Å²) in [4.78, 5) is 9.27. The minimum Gasteiger partial charge on any atom is -0.505 e. The fourth-order valence-electron chi connectivity index (χ4n) is 6.21. The summed E-state index contributed by atoms with van der Waals surface area (Å²) < 4.78 is 12.4. The second-order valence-corrected chi connectivity index (χ2v) is 12.3. The molecule has 0 atom stereocenters. The quantitative estimate of drug-likeness (QED) is 0.127. The first-order valence-electron chi connectivity index (χ1n) is 16.8. The van der Waals surface area contributed by atoms with Crippen LogP contribution in [0.3, 0.4) is 0 Å². The van der Waals surface area contributed by atoms with Crippen molar-refractivity contribution in [2.75, 3.05) is 13.1 Å². The van der Waals surface area contributed by atoms with Gasteiger partial charge < -0.3 is 19.0 Å². The molecule has 0 fully saturated rings. The smallest absolute Gasteiger partial charge is 0.215 e. The average molecular weight is 685 g/mol. The molecule has 10 heteroatoms. The Morgan fingerprint density at radius 3 is 1.35 bits per heavy atom. The minimum absolute atomic E-state index is 0.0536. The number of hydrogen-bond donors (Lipinski definition) is 2. The van der Waals surface area contributed by atoms with E-state index >= 15 is 0 Å². The normalized spacial score (nSPS) is 12.8. The minimum atomic E-state index is -0.0536. The summed E-state index contributed by atoms with van der Waals surface area (Å²) in [5, 5.41) is 45.0. The van der Waals surface area contributed by atoms with E-state index in [1.54, 1.807) is 24.3 Å². The van der Waals surface area contributed by atoms with Gasteiger partial charge in [-0.1, -0.05) is 72.8 Å². The molecule has 52 heavy (non-hydrogen) atoms. The Kier molecular flexibility index (Phi) is 8.54. The van der Waals surface area contributed by atoms with E-state index in [0.717, 1.165) is 43.4 Å². The van der Waals surface area contributed by atoms with E-state index < -0.39 is 0 Å². The third-order valence-corrected chi connectivity index (χ3v) is 8.85. The molecule has 0 radical (unpaired) electrons. The van der Waals surface area contributed by atoms with Crippen LogP contribution in [0, 0.1) is 13.8 Å². The lowest BCUT2D eigenvalue weighted by Crippen LogP contribution is -2.07. The molecule has 0 aliphatic heterocycles. The number of phenolic OH excluding ortho intramolecular Hbond substituents is 2. The molecule has 2 N–H and O–H groups in total. The highest BCUT2D eigenvalue weighted by atomic mass is 16.3. The SMILES string of the molecule is Cc1cc(=NCCN=c2cc(C)c3ccc(O)c(N=Nc4cccc5ccccc45)c3o2)oc2c(N=Nc3cccc4ccccc34)c(O)ccc12. The molecule has 0 aliphatic rings. The first kappa shape index (κ1) is 32.3. The first-order chi connectivity index (χ1) is 25.4. The molecule has 0 aliphatic carbocycles. The topological polar surface area (TPSA) is 141 Å². The Morgan fingerprint density at radius 1 is 0.462 bits per heavy atom. The van der Waals surface area contributed by atoms with Crippen molar-refractivity contribution in [2.24, 2.45) is 30.4 Å². The first-order valence-corrected chi connectivity index (χ1v) is 16.8. The molecule has 10 nitrogen and oxygen atoms in total. The Labute approximate surface area is 297 Å². The molecule has 254 valence electrons. The maximum absolute atomic E-state index is 10.8. The lowest BCUT2D eigenvalue weighted by Gasteiger charge is -2.06. The highest BCUT2D eigenvalue weighted by molar-refractivity contribution is 5.95. The van der Waals surface area contributed by atoms with Gasteiger partial charge in [0.2, 0.25) is 11.1 Å². The Balaban J connectivity index is 1.10. The van der Waals surface area contributed by atoms with Crippen molar-refractivity contribution in [2.45, 2.75) is 13.8 Å². The second kappa shape index (κ2) is 13.8. The lowest BCUT2D eigenvalue weighted by molar-refractivity contribution is 0.472. The van der Waals surface area contributed by atoms with Crippen molar-refractivity contribution in [3.05, 3.63) is 144 Å². The number of fused-ring (bicyclic) bond motifs is 4. The van der Waals surface area contributed by atoms with Gasteiger partial charge in [-0.15, -0.1) is 20.5 Å². The lowest BCUT2D eigenvalue weighted by atomic mass is 10.1. The van der Waals surface area contributed by atoms with E-state index in [1.807, 2.05) is 111 Å². The van der Waals surface area contributed by atoms with Crippen LogP contribution < -0.4 is 11.1 Å². The standard InChI is InChI=1S/C42H32N6O4/c1-25-23-37(51-41-29(25)17-19-35(49)39(41)47-45-33-15-7-11-27-9-3-5-13-31(27)33)43-21-22-44-38-24-26(2)30-18-20-36(50)40(42(30)52-38)48-46-34-16-8-12-28-10-4-6-14-32(28)34/h3-20,23-24,49-50H,21-22H2,1-2H3. The third-order valence-electron chi connectivity index (χ3n) is 8.85. The zero-order chi connectivity index (χ0) is 35.6. The summed E-state index contributed by atoms with van der Waals surface area (Å²) in [5.74, 6) is -0.107. The van der Waals surface area contributed by atoms with Gasteiger partial charge in [-0.25, -0.2) is 9.98 Å². The van der Waals surface area contributed by atoms with Gasteiger partial charge >= 0.3 is 0 Å². The number of benzene rings is 6. The highest BCUT2D eigenvalue weighted by Gasteiger charge is 2.14. The molecule has 2 heterocycles. The highest BCUT2D eigenvalue weighted by Crippen LogP contribution is 2.39. The third kappa shape index (κ3) is 6.29. The Bertz CT molecular complexity index is 2660. The van der Waals surface area contributed by atoms with Crippen LogP contribution in [0.2, 0.25) is 0 Å². The molecule has 6 aromatic carbocycles. The molecule has 0 saturated heterocycles. The molecule has 0 spiro atoms. The molecule has 0 unspecified atom stereocenters. The van der Waals surface area contributed by atoms with Crippen molar-refractivity contribution in [1.82, 2.24) is 0 Å². The summed E-state index contributed by atoms with van der Waals surface area (Å²) in [6.07, 6.45) is 0. The van der Waals surface area contributed by atoms with Gasteiger partial charge in [-0.2, -0.15) is 0 Å². The van der Waals surface area contributed by atoms with Crippen LogP contribution in [0.4, 0.5) is 22.7 Å². The van der Waals surface area contributed by atoms with Crippen molar-refractivity contribution < 1.29 is 19.0 Å². The van der Waals surface area contributed by atoms with Gasteiger partial charge in [0.05, 0.1) is 24.5 Å². The molecule has 0 bridgehead atoms. The van der Waals surface area contributed by atoms with Crippen LogP contribution in [0.15, 0.2) is 161 Å². The van der Waals surface area contributed by atoms with Crippen molar-refractivity contribution >= 4 is 66.2 Å². The number of azo groups is 2. The zero-order valence-corrected chi connectivity index (χ0v) is 28.4. The van der Waals surface area contributed by atoms with E-state index in [9.17, 15) is 10.2 Å². The predicted octanol–water partition coefficient (Wildman–Crippen LogP) is 10.8. The van der Waals surface area contributed by atoms with Crippen LogP contribution in [-0.2, 0) is 0 Å². The molecular formula is C42H32N6O4. The molecule has 2 aromatic heterocycles. The van der Waals surface area contributed by atoms with E-state index in [-0.39, 0.29) is 22.9 Å². The van der Waals surface area contributed by atoms with Crippen molar-refractivity contribution in [1.29, 1.82) is 0 Å². The summed E-state index contributed by atoms with van der Waals surface area (Å²) >= 11 is 0. The van der Waals surface area contributed by atoms with E-state index in [2.05, 4.69) is 30.4 Å². The van der Waals surface area contributed by atoms with E-state index in [1.165, 1.54) is 0 Å². The largest absolute Gasteiger partial charge is 0.505 e. The Hall–Kier alpha value is -6.94. The van der Waals surface area contributed by atoms with Crippen LogP contribution in [-0.4, -0.2) is 23.3 Å². The molecular weight excluding hydrogens is 653 g/mol. The molecule has 8 rings (SSSR count). The summed E-state index contributed by atoms with van der Waals surface area (Å²) in [7, 11) is 0. The monoisotopic (exact) mass is 684 g/mol. The van der Waals surface area contributed by atoms with Gasteiger partial charge in [0.25, 0.3) is 0 Å². The summed E-state index contributed by atoms with van der Waals surface area (Å²) in [5.41, 5.74) is 5.09. The van der Waals surface area contributed by atoms with Crippen LogP contribution >= 0.6 is 0 Å². The van der Waals surface area contributed by atoms with Gasteiger partial charge in [0, 0.05) is 33.7 Å². The van der Waals surface area contributed by atoms with Crippen LogP contribution in [0.5, 0.6) is 11.5 Å². The van der Waals surface area contributed by atoms with Crippen LogP contribution in [0.25, 0.3) is 43.5 Å². The van der Waals surface area contributed by atoms with Gasteiger partial charge in [-0.05, 0) is 72.1 Å². The van der Waals surface area contributed by atoms with Gasteiger partial charge in [-0.3, -0.25) is 0 Å². The fraction of sp³-hybridized carbons (Fsp3) is 0.0952. The van der Waals surface area contributed by atoms with Crippen molar-refractivity contribution in [3.8, 4) is 11.5 Å². The number of aromatic hydroxyl groups is 2. The predicted molar refractivity (Wildman–Crippen MR) is 202 cm³/mol. The molecule has 0 amide bonds. The molecule has 8 aromatic rings.